The Bertz CT molecular complexity index is 757. The van der Waals surface area contributed by atoms with Crippen molar-refractivity contribution in [2.75, 3.05) is 27.3 Å². The first-order valence-electron chi connectivity index (χ1n) is 9.18. The molecule has 0 unspecified atom stereocenters. The number of methoxy groups -OCH3 is 1. The predicted molar refractivity (Wildman–Crippen MR) is 106 cm³/mol. The molecule has 8 heteroatoms. The summed E-state index contributed by atoms with van der Waals surface area (Å²) in [7, 11) is 5.37. The zero-order chi connectivity index (χ0) is 19.6. The Balaban J connectivity index is 1.77. The minimum atomic E-state index is 0.577. The van der Waals surface area contributed by atoms with Gasteiger partial charge in [0.15, 0.2) is 23.3 Å². The molecule has 0 saturated carbocycles. The van der Waals surface area contributed by atoms with Crippen LogP contribution < -0.4 is 20.1 Å². The molecule has 0 radical (unpaired) electrons. The van der Waals surface area contributed by atoms with Gasteiger partial charge >= 0.3 is 0 Å². The lowest BCUT2D eigenvalue weighted by Gasteiger charge is -2.13. The van der Waals surface area contributed by atoms with Gasteiger partial charge in [-0.25, -0.2) is 0 Å². The quantitative estimate of drug-likeness (QED) is 0.396. The molecule has 0 aliphatic heterocycles. The number of nitrogens with one attached hydrogen (secondary N) is 2. The molecular formula is C19H30N6O2. The summed E-state index contributed by atoms with van der Waals surface area (Å²) in [6, 6.07) is 6.08. The molecule has 2 N–H and O–H groups in total. The van der Waals surface area contributed by atoms with E-state index in [9.17, 15) is 0 Å². The van der Waals surface area contributed by atoms with E-state index in [-0.39, 0.29) is 0 Å². The lowest BCUT2D eigenvalue weighted by Crippen LogP contribution is -2.38. The number of rotatable bonds is 9. The number of nitrogens with zero attached hydrogens (tertiary/aromatic N) is 4. The fourth-order valence-corrected chi connectivity index (χ4v) is 2.63. The molecule has 0 saturated heterocycles. The van der Waals surface area contributed by atoms with Gasteiger partial charge in [-0.05, 0) is 44.4 Å². The van der Waals surface area contributed by atoms with E-state index in [0.29, 0.717) is 13.2 Å². The van der Waals surface area contributed by atoms with Gasteiger partial charge in [0.25, 0.3) is 0 Å². The predicted octanol–water partition coefficient (Wildman–Crippen LogP) is 1.83. The van der Waals surface area contributed by atoms with Crippen molar-refractivity contribution < 1.29 is 9.47 Å². The van der Waals surface area contributed by atoms with Gasteiger partial charge in [-0.15, -0.1) is 10.2 Å². The van der Waals surface area contributed by atoms with Crippen LogP contribution in [0.3, 0.4) is 0 Å². The molecule has 8 nitrogen and oxygen atoms in total. The molecule has 1 heterocycles. The van der Waals surface area contributed by atoms with Crippen LogP contribution in [0.5, 0.6) is 11.5 Å². The number of ether oxygens (including phenoxy) is 2. The Morgan fingerprint density at radius 2 is 2.04 bits per heavy atom. The third-order valence-electron chi connectivity index (χ3n) is 4.28. The van der Waals surface area contributed by atoms with Gasteiger partial charge in [0, 0.05) is 20.6 Å². The number of hydrogen-bond donors (Lipinski definition) is 2. The Labute approximate surface area is 161 Å². The summed E-state index contributed by atoms with van der Waals surface area (Å²) < 4.78 is 12.9. The molecule has 2 aromatic rings. The average molecular weight is 374 g/mol. The SMILES string of the molecule is CCOc1cc(CCCNC(=NC)NCc2nnc(C)n2C)ccc1OC. The number of benzene rings is 1. The fourth-order valence-electron chi connectivity index (χ4n) is 2.63. The number of aliphatic imine (C=N–C) groups is 1. The Kier molecular flexibility index (Phi) is 7.91. The lowest BCUT2D eigenvalue weighted by molar-refractivity contribution is 0.310. The van der Waals surface area contributed by atoms with Crippen molar-refractivity contribution in [3.63, 3.8) is 0 Å². The third-order valence-corrected chi connectivity index (χ3v) is 4.28. The van der Waals surface area contributed by atoms with E-state index in [0.717, 1.165) is 48.5 Å². The number of hydrogen-bond acceptors (Lipinski definition) is 5. The summed E-state index contributed by atoms with van der Waals surface area (Å²) in [4.78, 5) is 4.25. The summed E-state index contributed by atoms with van der Waals surface area (Å²) in [5.41, 5.74) is 1.22. The van der Waals surface area contributed by atoms with Gasteiger partial charge < -0.3 is 24.7 Å². The van der Waals surface area contributed by atoms with Crippen molar-refractivity contribution in [2.24, 2.45) is 12.0 Å². The van der Waals surface area contributed by atoms with Crippen molar-refractivity contribution >= 4 is 5.96 Å². The molecule has 1 aromatic carbocycles. The van der Waals surface area contributed by atoms with E-state index in [1.54, 1.807) is 14.2 Å². The van der Waals surface area contributed by atoms with Crippen molar-refractivity contribution in [3.8, 4) is 11.5 Å². The van der Waals surface area contributed by atoms with Gasteiger partial charge in [-0.2, -0.15) is 0 Å². The summed E-state index contributed by atoms with van der Waals surface area (Å²) >= 11 is 0. The summed E-state index contributed by atoms with van der Waals surface area (Å²) in [6.45, 7) is 5.91. The third kappa shape index (κ3) is 5.87. The number of aryl methyl sites for hydroxylation is 2. The maximum atomic E-state index is 5.63. The monoisotopic (exact) mass is 374 g/mol. The second kappa shape index (κ2) is 10.4. The zero-order valence-electron chi connectivity index (χ0n) is 16.9. The van der Waals surface area contributed by atoms with Crippen molar-refractivity contribution in [1.82, 2.24) is 25.4 Å². The largest absolute Gasteiger partial charge is 0.493 e. The van der Waals surface area contributed by atoms with Crippen LogP contribution in [0.4, 0.5) is 0 Å². The first-order chi connectivity index (χ1) is 13.1. The molecule has 0 aliphatic rings. The highest BCUT2D eigenvalue weighted by molar-refractivity contribution is 5.79. The second-order valence-electron chi connectivity index (χ2n) is 6.10. The Morgan fingerprint density at radius 3 is 2.67 bits per heavy atom. The van der Waals surface area contributed by atoms with Gasteiger partial charge in [0.05, 0.1) is 20.3 Å². The highest BCUT2D eigenvalue weighted by atomic mass is 16.5. The Morgan fingerprint density at radius 1 is 1.22 bits per heavy atom. The smallest absolute Gasteiger partial charge is 0.191 e. The van der Waals surface area contributed by atoms with E-state index >= 15 is 0 Å². The van der Waals surface area contributed by atoms with E-state index in [4.69, 9.17) is 9.47 Å². The van der Waals surface area contributed by atoms with Gasteiger partial charge in [0.2, 0.25) is 0 Å². The van der Waals surface area contributed by atoms with Crippen molar-refractivity contribution in [2.45, 2.75) is 33.2 Å². The molecule has 1 aromatic heterocycles. The molecule has 2 rings (SSSR count). The first kappa shape index (κ1) is 20.5. The number of aromatic nitrogens is 3. The molecule has 0 atom stereocenters. The van der Waals surface area contributed by atoms with Crippen LogP contribution in [0.15, 0.2) is 23.2 Å². The topological polar surface area (TPSA) is 85.6 Å². The first-order valence-corrected chi connectivity index (χ1v) is 9.18. The van der Waals surface area contributed by atoms with Gasteiger partial charge in [-0.1, -0.05) is 6.07 Å². The van der Waals surface area contributed by atoms with Crippen LogP contribution in [0.25, 0.3) is 0 Å². The number of guanidine groups is 1. The second-order valence-corrected chi connectivity index (χ2v) is 6.10. The van der Waals surface area contributed by atoms with Crippen LogP contribution in [0.1, 0.15) is 30.6 Å². The molecular weight excluding hydrogens is 344 g/mol. The van der Waals surface area contributed by atoms with E-state index in [1.807, 2.05) is 37.6 Å². The summed E-state index contributed by atoms with van der Waals surface area (Å²) in [5, 5.41) is 14.8. The van der Waals surface area contributed by atoms with Crippen LogP contribution in [-0.4, -0.2) is 48.0 Å². The normalized spacial score (nSPS) is 11.4. The van der Waals surface area contributed by atoms with Crippen molar-refractivity contribution in [3.05, 3.63) is 35.4 Å². The summed E-state index contributed by atoms with van der Waals surface area (Å²) in [5.74, 6) is 4.07. The molecule has 27 heavy (non-hydrogen) atoms. The Hall–Kier alpha value is -2.77. The molecule has 0 aliphatic carbocycles. The maximum absolute atomic E-state index is 5.63. The van der Waals surface area contributed by atoms with Crippen LogP contribution in [0, 0.1) is 6.92 Å². The van der Waals surface area contributed by atoms with E-state index < -0.39 is 0 Å². The summed E-state index contributed by atoms with van der Waals surface area (Å²) in [6.07, 6.45) is 1.91. The average Bonchev–Trinajstić information content (AvgIpc) is 3.00. The van der Waals surface area contributed by atoms with Gasteiger partial charge in [0.1, 0.15) is 5.82 Å². The molecule has 148 valence electrons. The van der Waals surface area contributed by atoms with Crippen LogP contribution in [-0.2, 0) is 20.0 Å². The van der Waals surface area contributed by atoms with E-state index in [1.165, 1.54) is 5.56 Å². The van der Waals surface area contributed by atoms with Crippen LogP contribution >= 0.6 is 0 Å². The van der Waals surface area contributed by atoms with Gasteiger partial charge in [-0.3, -0.25) is 4.99 Å². The highest BCUT2D eigenvalue weighted by Crippen LogP contribution is 2.28. The molecule has 0 bridgehead atoms. The molecule has 0 amide bonds. The maximum Gasteiger partial charge on any atom is 0.191 e. The zero-order valence-corrected chi connectivity index (χ0v) is 16.9. The van der Waals surface area contributed by atoms with Crippen LogP contribution in [0.2, 0.25) is 0 Å². The molecule has 0 fully saturated rings. The lowest BCUT2D eigenvalue weighted by atomic mass is 10.1. The van der Waals surface area contributed by atoms with Crippen molar-refractivity contribution in [1.29, 1.82) is 0 Å². The minimum Gasteiger partial charge on any atom is -0.493 e. The molecule has 0 spiro atoms. The fraction of sp³-hybridized carbons (Fsp3) is 0.526. The minimum absolute atomic E-state index is 0.577. The van der Waals surface area contributed by atoms with E-state index in [2.05, 4.69) is 31.9 Å². The highest BCUT2D eigenvalue weighted by Gasteiger charge is 2.07. The standard InChI is InChI=1S/C19H30N6O2/c1-6-27-17-12-15(9-10-16(17)26-5)8-7-11-21-19(20-3)22-13-18-24-23-14(2)25(18)4/h9-10,12H,6-8,11,13H2,1-5H3,(H2,20,21,22).